The van der Waals surface area contributed by atoms with Gasteiger partial charge < -0.3 is 9.84 Å². The van der Waals surface area contributed by atoms with E-state index in [0.29, 0.717) is 5.57 Å². The van der Waals surface area contributed by atoms with E-state index in [9.17, 15) is 9.59 Å². The van der Waals surface area contributed by atoms with Gasteiger partial charge in [-0.2, -0.15) is 0 Å². The highest BCUT2D eigenvalue weighted by atomic mass is 16.5. The van der Waals surface area contributed by atoms with Crippen molar-refractivity contribution in [3.63, 3.8) is 0 Å². The molecule has 2 atom stereocenters. The summed E-state index contributed by atoms with van der Waals surface area (Å²) in [4.78, 5) is 23.4. The smallest absolute Gasteiger partial charge is 0.334 e. The predicted molar refractivity (Wildman–Crippen MR) is 98.0 cm³/mol. The van der Waals surface area contributed by atoms with Crippen molar-refractivity contribution in [2.45, 2.75) is 98.0 Å². The summed E-state index contributed by atoms with van der Waals surface area (Å²) in [5, 5.41) is 9.04. The van der Waals surface area contributed by atoms with Crippen LogP contribution in [0.25, 0.3) is 0 Å². The van der Waals surface area contributed by atoms with E-state index in [1.165, 1.54) is 19.3 Å². The van der Waals surface area contributed by atoms with Crippen LogP contribution >= 0.6 is 0 Å². The van der Waals surface area contributed by atoms with Gasteiger partial charge >= 0.3 is 11.9 Å². The van der Waals surface area contributed by atoms with E-state index in [4.69, 9.17) is 9.84 Å². The molecule has 0 spiro atoms. The van der Waals surface area contributed by atoms with Gasteiger partial charge in [0.1, 0.15) is 0 Å². The lowest BCUT2D eigenvalue weighted by atomic mass is 9.94. The molecule has 0 aromatic heterocycles. The van der Waals surface area contributed by atoms with Crippen molar-refractivity contribution in [1.29, 1.82) is 0 Å². The molecule has 24 heavy (non-hydrogen) atoms. The van der Waals surface area contributed by atoms with Crippen LogP contribution in [-0.4, -0.2) is 23.1 Å². The number of ether oxygens (including phenoxy) is 1. The molecule has 0 radical (unpaired) electrons. The second kappa shape index (κ2) is 14.1. The van der Waals surface area contributed by atoms with Gasteiger partial charge in [-0.05, 0) is 32.1 Å². The van der Waals surface area contributed by atoms with Crippen LogP contribution in [0, 0.1) is 5.92 Å². The van der Waals surface area contributed by atoms with Crippen molar-refractivity contribution < 1.29 is 19.4 Å². The van der Waals surface area contributed by atoms with Crippen molar-refractivity contribution in [3.8, 4) is 0 Å². The molecule has 1 N–H and O–H groups in total. The molecule has 0 rings (SSSR count). The average molecular weight is 341 g/mol. The quantitative estimate of drug-likeness (QED) is 0.257. The molecular formula is C20H36O4. The standard InChI is InChI=1S/C20H36O4/c1-5-7-9-11-13-16(3)18(15-19(21)22)20(23)24-17(4)14-12-10-8-6-2/h15-17H,5-14H2,1-4H3,(H,21,22). The Bertz CT molecular complexity index is 387. The van der Waals surface area contributed by atoms with Gasteiger partial charge in [-0.3, -0.25) is 0 Å². The second-order valence-electron chi connectivity index (χ2n) is 6.75. The molecule has 0 aliphatic carbocycles. The maximum Gasteiger partial charge on any atom is 0.334 e. The topological polar surface area (TPSA) is 63.6 Å². The largest absolute Gasteiger partial charge is 0.478 e. The van der Waals surface area contributed by atoms with Crippen molar-refractivity contribution in [3.05, 3.63) is 11.6 Å². The Morgan fingerprint density at radius 3 is 1.96 bits per heavy atom. The van der Waals surface area contributed by atoms with E-state index in [1.54, 1.807) is 0 Å². The summed E-state index contributed by atoms with van der Waals surface area (Å²) in [6.07, 6.45) is 11.5. The normalized spacial score (nSPS) is 14.2. The molecule has 0 bridgehead atoms. The van der Waals surface area contributed by atoms with Crippen molar-refractivity contribution in [2.24, 2.45) is 5.92 Å². The summed E-state index contributed by atoms with van der Waals surface area (Å²) in [6.45, 7) is 8.11. The van der Waals surface area contributed by atoms with Crippen LogP contribution in [0.2, 0.25) is 0 Å². The number of rotatable bonds is 14. The van der Waals surface area contributed by atoms with Crippen molar-refractivity contribution in [1.82, 2.24) is 0 Å². The van der Waals surface area contributed by atoms with Crippen molar-refractivity contribution >= 4 is 11.9 Å². The van der Waals surface area contributed by atoms with Crippen LogP contribution in [0.1, 0.15) is 91.9 Å². The predicted octanol–water partition coefficient (Wildman–Crippen LogP) is 5.51. The Morgan fingerprint density at radius 2 is 1.46 bits per heavy atom. The SMILES string of the molecule is CCCCCCC(C)OC(=O)C(=CC(=O)O)C(C)CCCCCC. The number of aliphatic carboxylic acids is 1. The Labute approximate surface area is 147 Å². The maximum absolute atomic E-state index is 12.4. The zero-order chi connectivity index (χ0) is 18.4. The number of carboxylic acid groups (broad SMARTS) is 1. The van der Waals surface area contributed by atoms with Gasteiger partial charge in [0.05, 0.1) is 6.10 Å². The molecule has 140 valence electrons. The number of carbonyl (C=O) groups excluding carboxylic acids is 1. The van der Waals surface area contributed by atoms with E-state index >= 15 is 0 Å². The maximum atomic E-state index is 12.4. The lowest BCUT2D eigenvalue weighted by molar-refractivity contribution is -0.145. The number of carboxylic acids is 1. The fraction of sp³-hybridized carbons (Fsp3) is 0.800. The molecule has 0 saturated carbocycles. The van der Waals surface area contributed by atoms with Crippen LogP contribution in [0.3, 0.4) is 0 Å². The molecular weight excluding hydrogens is 304 g/mol. The minimum Gasteiger partial charge on any atom is -0.478 e. The fourth-order valence-electron chi connectivity index (χ4n) is 2.74. The monoisotopic (exact) mass is 340 g/mol. The minimum absolute atomic E-state index is 0.0854. The molecule has 0 aromatic carbocycles. The summed E-state index contributed by atoms with van der Waals surface area (Å²) in [6, 6.07) is 0. The Morgan fingerprint density at radius 1 is 0.917 bits per heavy atom. The highest BCUT2D eigenvalue weighted by Crippen LogP contribution is 2.21. The lowest BCUT2D eigenvalue weighted by Gasteiger charge is -2.18. The highest BCUT2D eigenvalue weighted by molar-refractivity contribution is 5.96. The van der Waals surface area contributed by atoms with E-state index in [0.717, 1.165) is 51.0 Å². The molecule has 0 amide bonds. The summed E-state index contributed by atoms with van der Waals surface area (Å²) < 4.78 is 5.47. The molecule has 0 aliphatic rings. The van der Waals surface area contributed by atoms with Gasteiger partial charge in [-0.1, -0.05) is 65.7 Å². The number of hydrogen-bond acceptors (Lipinski definition) is 3. The highest BCUT2D eigenvalue weighted by Gasteiger charge is 2.21. The zero-order valence-electron chi connectivity index (χ0n) is 16.0. The molecule has 0 saturated heterocycles. The lowest BCUT2D eigenvalue weighted by Crippen LogP contribution is -2.21. The molecule has 0 fully saturated rings. The molecule has 0 aromatic rings. The first-order valence-electron chi connectivity index (χ1n) is 9.57. The van der Waals surface area contributed by atoms with Crippen LogP contribution in [0.15, 0.2) is 11.6 Å². The van der Waals surface area contributed by atoms with Gasteiger partial charge in [0.25, 0.3) is 0 Å². The van der Waals surface area contributed by atoms with E-state index in [2.05, 4.69) is 13.8 Å². The first kappa shape index (κ1) is 22.7. The fourth-order valence-corrected chi connectivity index (χ4v) is 2.74. The molecule has 0 aliphatic heterocycles. The Balaban J connectivity index is 4.52. The third-order valence-electron chi connectivity index (χ3n) is 4.31. The van der Waals surface area contributed by atoms with E-state index in [1.807, 2.05) is 13.8 Å². The first-order chi connectivity index (χ1) is 11.4. The molecule has 4 heteroatoms. The minimum atomic E-state index is -1.09. The summed E-state index contributed by atoms with van der Waals surface area (Å²) in [7, 11) is 0. The van der Waals surface area contributed by atoms with E-state index < -0.39 is 11.9 Å². The first-order valence-corrected chi connectivity index (χ1v) is 9.57. The average Bonchev–Trinajstić information content (AvgIpc) is 2.53. The zero-order valence-corrected chi connectivity index (χ0v) is 16.0. The molecule has 2 unspecified atom stereocenters. The summed E-state index contributed by atoms with van der Waals surface area (Å²) in [5.41, 5.74) is 0.291. The number of carbonyl (C=O) groups is 2. The summed E-state index contributed by atoms with van der Waals surface area (Å²) >= 11 is 0. The van der Waals surface area contributed by atoms with Gasteiger partial charge in [0, 0.05) is 11.6 Å². The third-order valence-corrected chi connectivity index (χ3v) is 4.31. The molecule has 0 heterocycles. The van der Waals surface area contributed by atoms with Crippen LogP contribution in [0.4, 0.5) is 0 Å². The Hall–Kier alpha value is -1.32. The van der Waals surface area contributed by atoms with Gasteiger partial charge in [0.15, 0.2) is 0 Å². The Kier molecular flexibility index (Phi) is 13.3. The molecule has 4 nitrogen and oxygen atoms in total. The number of hydrogen-bond donors (Lipinski definition) is 1. The van der Waals surface area contributed by atoms with E-state index in [-0.39, 0.29) is 12.0 Å². The summed E-state index contributed by atoms with van der Waals surface area (Å²) in [5.74, 6) is -1.64. The van der Waals surface area contributed by atoms with Crippen LogP contribution in [0.5, 0.6) is 0 Å². The van der Waals surface area contributed by atoms with Gasteiger partial charge in [-0.25, -0.2) is 9.59 Å². The van der Waals surface area contributed by atoms with Gasteiger partial charge in [0.2, 0.25) is 0 Å². The second-order valence-corrected chi connectivity index (χ2v) is 6.75. The third kappa shape index (κ3) is 11.3. The van der Waals surface area contributed by atoms with Crippen LogP contribution < -0.4 is 0 Å². The number of esters is 1. The number of unbranched alkanes of at least 4 members (excludes halogenated alkanes) is 6. The van der Waals surface area contributed by atoms with Gasteiger partial charge in [-0.15, -0.1) is 0 Å². The van der Waals surface area contributed by atoms with Crippen molar-refractivity contribution in [2.75, 3.05) is 0 Å². The van der Waals surface area contributed by atoms with Crippen LogP contribution in [-0.2, 0) is 14.3 Å².